The van der Waals surface area contributed by atoms with E-state index in [9.17, 15) is 29.1 Å². The first kappa shape index (κ1) is 48.8. The van der Waals surface area contributed by atoms with Crippen molar-refractivity contribution in [1.29, 1.82) is 0 Å². The molecule has 5 rings (SSSR count). The number of benzene rings is 1. The molecule has 17 atom stereocenters. The van der Waals surface area contributed by atoms with Crippen LogP contribution in [-0.4, -0.2) is 134 Å². The minimum Gasteiger partial charge on any atom is -0.463 e. The van der Waals surface area contributed by atoms with Crippen LogP contribution in [0.3, 0.4) is 0 Å². The van der Waals surface area contributed by atoms with E-state index < -0.39 is 116 Å². The van der Waals surface area contributed by atoms with Crippen molar-refractivity contribution in [2.24, 2.45) is 23.5 Å². The Morgan fingerprint density at radius 3 is 1.92 bits per heavy atom. The summed E-state index contributed by atoms with van der Waals surface area (Å²) in [5, 5.41) is 13.9. The van der Waals surface area contributed by atoms with Crippen molar-refractivity contribution in [2.75, 3.05) is 13.2 Å². The molecule has 0 aromatic heterocycles. The molecule has 3 heterocycles. The zero-order chi connectivity index (χ0) is 45.2. The summed E-state index contributed by atoms with van der Waals surface area (Å²) in [6.45, 7) is 11.7. The molecule has 0 radical (unpaired) electrons. The van der Waals surface area contributed by atoms with Crippen LogP contribution in [0.4, 0.5) is 4.79 Å². The Bertz CT molecular complexity index is 1700. The predicted molar refractivity (Wildman–Crippen MR) is 214 cm³/mol. The average Bonchev–Trinajstić information content (AvgIpc) is 3.52. The highest BCUT2D eigenvalue weighted by Gasteiger charge is 2.57. The van der Waals surface area contributed by atoms with Gasteiger partial charge in [-0.15, -0.1) is 0 Å². The normalized spacial score (nSPS) is 36.8. The standard InChI is InChI=1S/C43H62N2O17/c1-9-29-16-15-21(2)40(57-29)60-35-23(4)17-22(3)34(54-25(6)47)38(35)62-42-39(56-27(8)49)36(31(59-42)20-52-24(5)46)61-41-32(37(55-26(7)48)33(50)30(18-44)58-41)45-43(51)53-19-28-13-11-10-12-14-28/h10-16,21-23,29-42,50H,9,17-20,44H2,1-8H3,(H,45,51). The van der Waals surface area contributed by atoms with E-state index in [0.717, 1.165) is 13.8 Å². The fraction of sp³-hybridized carbons (Fsp3) is 0.698. The molecule has 1 aromatic carbocycles. The summed E-state index contributed by atoms with van der Waals surface area (Å²) in [5.74, 6) is -3.35. The number of alkyl carbamates (subject to hydrolysis) is 1. The van der Waals surface area contributed by atoms with Gasteiger partial charge in [0.05, 0.1) is 12.2 Å². The number of esters is 4. The zero-order valence-corrected chi connectivity index (χ0v) is 36.4. The molecule has 3 fully saturated rings. The summed E-state index contributed by atoms with van der Waals surface area (Å²) in [4.78, 5) is 63.4. The lowest BCUT2D eigenvalue weighted by molar-refractivity contribution is -0.297. The largest absolute Gasteiger partial charge is 0.463 e. The molecule has 4 aliphatic rings. The Morgan fingerprint density at radius 1 is 0.694 bits per heavy atom. The first-order valence-electron chi connectivity index (χ1n) is 21.1. The van der Waals surface area contributed by atoms with E-state index in [-0.39, 0.29) is 37.0 Å². The Kier molecular flexibility index (Phi) is 17.7. The van der Waals surface area contributed by atoms with Gasteiger partial charge in [0, 0.05) is 40.2 Å². The molecule has 1 aromatic rings. The topological polar surface area (TPSA) is 245 Å². The highest BCUT2D eigenvalue weighted by molar-refractivity contribution is 5.69. The van der Waals surface area contributed by atoms with E-state index in [2.05, 4.69) is 5.32 Å². The van der Waals surface area contributed by atoms with Gasteiger partial charge in [-0.05, 0) is 30.2 Å². The number of aliphatic hydroxyl groups excluding tert-OH is 1. The van der Waals surface area contributed by atoms with Crippen molar-refractivity contribution in [2.45, 2.75) is 161 Å². The van der Waals surface area contributed by atoms with Gasteiger partial charge in [-0.3, -0.25) is 19.2 Å². The monoisotopic (exact) mass is 878 g/mol. The minimum atomic E-state index is -1.60. The molecule has 62 heavy (non-hydrogen) atoms. The Balaban J connectivity index is 1.50. The SMILES string of the molecule is CCC1C=CC(C)C(OC2C(C)CC(C)C(OC(C)=O)C2OC2OC(COC(C)=O)C(OC3OC(CN)C(O)C(OC(C)=O)C3NC(=O)OCc3ccccc3)C2OC(C)=O)O1. The smallest absolute Gasteiger partial charge is 0.407 e. The molecule has 1 amide bonds. The molecule has 0 spiro atoms. The average molecular weight is 879 g/mol. The molecule has 19 nitrogen and oxygen atoms in total. The van der Waals surface area contributed by atoms with Crippen LogP contribution in [-0.2, 0) is 77.9 Å². The predicted octanol–water partition coefficient (Wildman–Crippen LogP) is 2.57. The fourth-order valence-electron chi connectivity index (χ4n) is 8.24. The summed E-state index contributed by atoms with van der Waals surface area (Å²) < 4.78 is 67.0. The summed E-state index contributed by atoms with van der Waals surface area (Å²) >= 11 is 0. The minimum absolute atomic E-state index is 0.133. The number of rotatable bonds is 16. The number of hydrogen-bond acceptors (Lipinski definition) is 18. The van der Waals surface area contributed by atoms with Crippen LogP contribution >= 0.6 is 0 Å². The molecule has 1 aliphatic carbocycles. The van der Waals surface area contributed by atoms with E-state index in [1.807, 2.05) is 39.8 Å². The van der Waals surface area contributed by atoms with E-state index >= 15 is 0 Å². The van der Waals surface area contributed by atoms with E-state index in [0.29, 0.717) is 18.4 Å². The van der Waals surface area contributed by atoms with Crippen LogP contribution in [0.15, 0.2) is 42.5 Å². The molecule has 19 heteroatoms. The van der Waals surface area contributed by atoms with Gasteiger partial charge in [-0.25, -0.2) is 4.79 Å². The lowest BCUT2D eigenvalue weighted by Crippen LogP contribution is -2.67. The third-order valence-electron chi connectivity index (χ3n) is 11.2. The molecule has 17 unspecified atom stereocenters. The maximum Gasteiger partial charge on any atom is 0.407 e. The number of nitrogens with two attached hydrogens (primary N) is 1. The number of aliphatic hydroxyl groups is 1. The van der Waals surface area contributed by atoms with Crippen molar-refractivity contribution in [3.05, 3.63) is 48.0 Å². The number of hydrogen-bond donors (Lipinski definition) is 3. The van der Waals surface area contributed by atoms with Gasteiger partial charge in [-0.2, -0.15) is 0 Å². The second kappa shape index (κ2) is 22.4. The molecule has 346 valence electrons. The number of amides is 1. The fourth-order valence-corrected chi connectivity index (χ4v) is 8.24. The Hall–Kier alpha value is -4.21. The van der Waals surface area contributed by atoms with Crippen molar-refractivity contribution in [1.82, 2.24) is 5.32 Å². The Labute approximate surface area is 361 Å². The number of ether oxygens (including phenoxy) is 11. The van der Waals surface area contributed by atoms with Gasteiger partial charge < -0.3 is 68.3 Å². The maximum absolute atomic E-state index is 13.3. The molecule has 1 saturated carbocycles. The van der Waals surface area contributed by atoms with Crippen LogP contribution in [0.25, 0.3) is 0 Å². The molecular formula is C43H62N2O17. The molecule has 0 bridgehead atoms. The van der Waals surface area contributed by atoms with Crippen LogP contribution in [0, 0.1) is 17.8 Å². The second-order valence-corrected chi connectivity index (χ2v) is 16.3. The summed E-state index contributed by atoms with van der Waals surface area (Å²) in [5.41, 5.74) is 6.67. The second-order valence-electron chi connectivity index (χ2n) is 16.3. The van der Waals surface area contributed by atoms with Gasteiger partial charge in [-0.1, -0.05) is 70.2 Å². The van der Waals surface area contributed by atoms with Crippen molar-refractivity contribution in [3.8, 4) is 0 Å². The van der Waals surface area contributed by atoms with Crippen molar-refractivity contribution >= 4 is 30.0 Å². The molecule has 2 saturated heterocycles. The third-order valence-corrected chi connectivity index (χ3v) is 11.2. The van der Waals surface area contributed by atoms with Gasteiger partial charge in [0.2, 0.25) is 0 Å². The summed E-state index contributed by atoms with van der Waals surface area (Å²) in [6, 6.07) is 7.38. The van der Waals surface area contributed by atoms with E-state index in [1.165, 1.54) is 13.8 Å². The van der Waals surface area contributed by atoms with Gasteiger partial charge in [0.1, 0.15) is 55.9 Å². The first-order valence-corrected chi connectivity index (χ1v) is 21.1. The lowest BCUT2D eigenvalue weighted by atomic mass is 9.77. The van der Waals surface area contributed by atoms with Crippen molar-refractivity contribution in [3.63, 3.8) is 0 Å². The van der Waals surface area contributed by atoms with Crippen LogP contribution < -0.4 is 11.1 Å². The zero-order valence-electron chi connectivity index (χ0n) is 36.4. The summed E-state index contributed by atoms with van der Waals surface area (Å²) in [6.07, 6.45) is -10.6. The molecule has 4 N–H and O–H groups in total. The lowest BCUT2D eigenvalue weighted by Gasteiger charge is -2.47. The Morgan fingerprint density at radius 2 is 1.29 bits per heavy atom. The highest BCUT2D eigenvalue weighted by Crippen LogP contribution is 2.41. The van der Waals surface area contributed by atoms with Gasteiger partial charge in [0.25, 0.3) is 0 Å². The van der Waals surface area contributed by atoms with Crippen molar-refractivity contribution < 1.29 is 81.2 Å². The van der Waals surface area contributed by atoms with Crippen LogP contribution in [0.2, 0.25) is 0 Å². The molecular weight excluding hydrogens is 816 g/mol. The maximum atomic E-state index is 13.3. The molecule has 3 aliphatic heterocycles. The quantitative estimate of drug-likeness (QED) is 0.123. The summed E-state index contributed by atoms with van der Waals surface area (Å²) in [7, 11) is 0. The number of carbonyl (C=O) groups is 5. The van der Waals surface area contributed by atoms with E-state index in [1.54, 1.807) is 30.3 Å². The third kappa shape index (κ3) is 12.7. The van der Waals surface area contributed by atoms with Crippen LogP contribution in [0.1, 0.15) is 73.8 Å². The van der Waals surface area contributed by atoms with Gasteiger partial charge in [0.15, 0.2) is 31.1 Å². The number of carbonyl (C=O) groups excluding carboxylic acids is 5. The van der Waals surface area contributed by atoms with Gasteiger partial charge >= 0.3 is 30.0 Å². The van der Waals surface area contributed by atoms with E-state index in [4.69, 9.17) is 57.8 Å². The van der Waals surface area contributed by atoms with Crippen LogP contribution in [0.5, 0.6) is 0 Å². The highest BCUT2D eigenvalue weighted by atomic mass is 16.8. The number of nitrogens with one attached hydrogen (secondary N) is 1. The first-order chi connectivity index (χ1) is 29.5.